The lowest BCUT2D eigenvalue weighted by Crippen LogP contribution is -2.63. The van der Waals surface area contributed by atoms with Crippen LogP contribution in [-0.2, 0) is 14.1 Å². The van der Waals surface area contributed by atoms with E-state index in [1.165, 1.54) is 4.90 Å². The molecule has 1 saturated heterocycles. The molecular weight excluding hydrogens is 241 g/mol. The summed E-state index contributed by atoms with van der Waals surface area (Å²) in [7, 11) is 1.90. The number of carbonyl (C=O) groups excluding carboxylic acids is 2. The molecule has 0 aromatic carbocycles. The number of aliphatic hydroxyl groups excluding tert-OH is 1. The molecule has 1 fully saturated rings. The van der Waals surface area contributed by atoms with Gasteiger partial charge in [-0.25, -0.2) is 4.79 Å². The number of hydrogen-bond donors (Lipinski definition) is 1. The zero-order chi connectivity index (χ0) is 12.9. The number of β-lactam (4-membered cyclic amide) rings is 1. The fraction of sp³-hybridized carbons (Fsp3) is 0.636. The van der Waals surface area contributed by atoms with Crippen LogP contribution in [0.25, 0.3) is 0 Å². The molecule has 0 saturated carbocycles. The highest BCUT2D eigenvalue weighted by Gasteiger charge is 2.59. The molecule has 6 heteroatoms. The molecule has 0 radical (unpaired) electrons. The van der Waals surface area contributed by atoms with Gasteiger partial charge in [0.15, 0.2) is 0 Å². The first kappa shape index (κ1) is 12.5. The van der Waals surface area contributed by atoms with Gasteiger partial charge in [0, 0.05) is 5.92 Å². The maximum absolute atomic E-state index is 11.9. The summed E-state index contributed by atoms with van der Waals surface area (Å²) in [5, 5.41) is 9.59. The average molecular weight is 257 g/mol. The molecule has 17 heavy (non-hydrogen) atoms. The lowest BCUT2D eigenvalue weighted by Gasteiger charge is -2.46. The predicted octanol–water partition coefficient (Wildman–Crippen LogP) is 0.451. The highest BCUT2D eigenvalue weighted by molar-refractivity contribution is 7.10. The molecule has 5 atom stereocenters. The Morgan fingerprint density at radius 2 is 2.18 bits per heavy atom. The summed E-state index contributed by atoms with van der Waals surface area (Å²) in [5.41, 5.74) is 1.18. The quantitative estimate of drug-likeness (QED) is 0.576. The Kier molecular flexibility index (Phi) is 3.00. The summed E-state index contributed by atoms with van der Waals surface area (Å²) < 4.78 is 4.61. The van der Waals surface area contributed by atoms with Crippen molar-refractivity contribution in [2.75, 3.05) is 0 Å². The first-order chi connectivity index (χ1) is 7.91. The number of fused-ring (bicyclic) bond motifs is 1. The largest absolute Gasteiger partial charge is 0.447 e. The molecule has 94 valence electrons. The van der Waals surface area contributed by atoms with Crippen molar-refractivity contribution in [2.45, 2.75) is 32.9 Å². The standard InChI is InChI=1S/C11H16NO4P/c1-4-5(2)9(11(15)16-17)12-8(4)7(6(3)13)10(12)14/h4,6-8,13H,17H2,1-3H3. The molecule has 2 aliphatic rings. The summed E-state index contributed by atoms with van der Waals surface area (Å²) in [6.45, 7) is 5.39. The molecule has 5 nitrogen and oxygen atoms in total. The van der Waals surface area contributed by atoms with E-state index in [0.717, 1.165) is 5.57 Å². The molecule has 0 bridgehead atoms. The SMILES string of the molecule is CC1=C(C(=O)OP)N2C(=O)C(C(C)O)C2C1C. The average Bonchev–Trinajstić information content (AvgIpc) is 2.49. The van der Waals surface area contributed by atoms with Gasteiger partial charge >= 0.3 is 5.97 Å². The Balaban J connectivity index is 2.34. The summed E-state index contributed by atoms with van der Waals surface area (Å²) in [5.74, 6) is -1.04. The summed E-state index contributed by atoms with van der Waals surface area (Å²) >= 11 is 0. The normalized spacial score (nSPS) is 33.4. The monoisotopic (exact) mass is 257 g/mol. The van der Waals surface area contributed by atoms with Gasteiger partial charge in [0.2, 0.25) is 5.91 Å². The van der Waals surface area contributed by atoms with Crippen LogP contribution in [0.1, 0.15) is 20.8 Å². The topological polar surface area (TPSA) is 66.8 Å². The number of aliphatic hydroxyl groups is 1. The number of hydrogen-bond acceptors (Lipinski definition) is 4. The first-order valence-electron chi connectivity index (χ1n) is 5.54. The van der Waals surface area contributed by atoms with Crippen molar-refractivity contribution < 1.29 is 19.2 Å². The molecular formula is C11H16NO4P. The molecule has 0 aliphatic carbocycles. The van der Waals surface area contributed by atoms with Crippen LogP contribution in [0, 0.1) is 11.8 Å². The molecule has 0 spiro atoms. The van der Waals surface area contributed by atoms with E-state index in [-0.39, 0.29) is 17.9 Å². The van der Waals surface area contributed by atoms with Gasteiger partial charge in [0.1, 0.15) is 5.70 Å². The number of nitrogens with zero attached hydrogens (tertiary/aromatic N) is 1. The van der Waals surface area contributed by atoms with Crippen molar-refractivity contribution in [3.05, 3.63) is 11.3 Å². The fourth-order valence-electron chi connectivity index (χ4n) is 2.79. The molecule has 0 aromatic rings. The Labute approximate surface area is 102 Å². The van der Waals surface area contributed by atoms with Crippen LogP contribution < -0.4 is 0 Å². The maximum Gasteiger partial charge on any atom is 0.357 e. The maximum atomic E-state index is 11.9. The summed E-state index contributed by atoms with van der Waals surface area (Å²) in [6, 6.07) is -0.110. The zero-order valence-corrected chi connectivity index (χ0v) is 11.2. The van der Waals surface area contributed by atoms with E-state index in [0.29, 0.717) is 5.70 Å². The fourth-order valence-corrected chi connectivity index (χ4v) is 2.91. The van der Waals surface area contributed by atoms with Gasteiger partial charge in [-0.15, -0.1) is 0 Å². The minimum atomic E-state index is -0.689. The molecule has 2 aliphatic heterocycles. The third kappa shape index (κ3) is 1.53. The van der Waals surface area contributed by atoms with Gasteiger partial charge in [0.25, 0.3) is 0 Å². The second-order valence-electron chi connectivity index (χ2n) is 4.69. The smallest absolute Gasteiger partial charge is 0.357 e. The molecule has 2 heterocycles. The van der Waals surface area contributed by atoms with Gasteiger partial charge in [0.05, 0.1) is 27.5 Å². The van der Waals surface area contributed by atoms with Crippen LogP contribution in [0.4, 0.5) is 0 Å². The second kappa shape index (κ2) is 4.07. The Hall–Kier alpha value is -0.930. The Bertz CT molecular complexity index is 418. The molecule has 5 unspecified atom stereocenters. The van der Waals surface area contributed by atoms with Gasteiger partial charge in [-0.1, -0.05) is 6.92 Å². The van der Waals surface area contributed by atoms with Crippen LogP contribution in [0.2, 0.25) is 0 Å². The first-order valence-corrected chi connectivity index (χ1v) is 6.02. The van der Waals surface area contributed by atoms with E-state index < -0.39 is 18.0 Å². The van der Waals surface area contributed by atoms with E-state index in [1.807, 2.05) is 23.3 Å². The minimum Gasteiger partial charge on any atom is -0.447 e. The van der Waals surface area contributed by atoms with E-state index in [9.17, 15) is 14.7 Å². The molecule has 1 N–H and O–H groups in total. The van der Waals surface area contributed by atoms with Crippen LogP contribution in [0.5, 0.6) is 0 Å². The van der Waals surface area contributed by atoms with E-state index in [4.69, 9.17) is 0 Å². The van der Waals surface area contributed by atoms with Crippen molar-refractivity contribution in [1.82, 2.24) is 4.90 Å². The Morgan fingerprint density at radius 1 is 1.59 bits per heavy atom. The van der Waals surface area contributed by atoms with Crippen molar-refractivity contribution in [2.24, 2.45) is 11.8 Å². The highest BCUT2D eigenvalue weighted by atomic mass is 31.0. The van der Waals surface area contributed by atoms with Crippen molar-refractivity contribution >= 4 is 21.3 Å². The van der Waals surface area contributed by atoms with Crippen molar-refractivity contribution in [3.63, 3.8) is 0 Å². The summed E-state index contributed by atoms with van der Waals surface area (Å²) in [4.78, 5) is 25.0. The van der Waals surface area contributed by atoms with Crippen molar-refractivity contribution in [1.29, 1.82) is 0 Å². The zero-order valence-electron chi connectivity index (χ0n) is 10.0. The predicted molar refractivity (Wildman–Crippen MR) is 63.5 cm³/mol. The van der Waals surface area contributed by atoms with Gasteiger partial charge in [-0.3, -0.25) is 4.79 Å². The van der Waals surface area contributed by atoms with Crippen LogP contribution in [0.3, 0.4) is 0 Å². The molecule has 0 aromatic heterocycles. The highest BCUT2D eigenvalue weighted by Crippen LogP contribution is 2.47. The van der Waals surface area contributed by atoms with E-state index >= 15 is 0 Å². The lowest BCUT2D eigenvalue weighted by molar-refractivity contribution is -0.162. The third-order valence-electron chi connectivity index (χ3n) is 3.82. The number of amides is 1. The third-order valence-corrected chi connectivity index (χ3v) is 4.03. The lowest BCUT2D eigenvalue weighted by atomic mass is 9.78. The van der Waals surface area contributed by atoms with Crippen LogP contribution in [0.15, 0.2) is 11.3 Å². The van der Waals surface area contributed by atoms with Crippen LogP contribution in [-0.4, -0.2) is 34.0 Å². The summed E-state index contributed by atoms with van der Waals surface area (Å²) in [6.07, 6.45) is -0.689. The van der Waals surface area contributed by atoms with E-state index in [1.54, 1.807) is 6.92 Å². The number of carbonyl (C=O) groups is 2. The number of rotatable bonds is 2. The molecule has 1 amide bonds. The Morgan fingerprint density at radius 3 is 2.65 bits per heavy atom. The van der Waals surface area contributed by atoms with E-state index in [2.05, 4.69) is 4.52 Å². The van der Waals surface area contributed by atoms with Gasteiger partial charge in [-0.2, -0.15) is 0 Å². The van der Waals surface area contributed by atoms with Crippen LogP contribution >= 0.6 is 9.47 Å². The molecule has 2 rings (SSSR count). The minimum absolute atomic E-state index is 0.0754. The second-order valence-corrected chi connectivity index (χ2v) is 4.93. The van der Waals surface area contributed by atoms with Gasteiger partial charge < -0.3 is 14.5 Å². The van der Waals surface area contributed by atoms with Crippen molar-refractivity contribution in [3.8, 4) is 0 Å². The van der Waals surface area contributed by atoms with Gasteiger partial charge in [-0.05, 0) is 19.4 Å².